The second-order valence-electron chi connectivity index (χ2n) is 10.8. The average molecular weight is 652 g/mol. The number of ether oxygens (including phenoxy) is 1. The summed E-state index contributed by atoms with van der Waals surface area (Å²) in [7, 11) is 0. The Hall–Kier alpha value is -4.54. The summed E-state index contributed by atoms with van der Waals surface area (Å²) < 4.78 is 57.2. The van der Waals surface area contributed by atoms with E-state index in [2.05, 4.69) is 39.6 Å². The number of aromatic nitrogens is 1. The van der Waals surface area contributed by atoms with Gasteiger partial charge in [-0.3, -0.25) is 9.69 Å². The summed E-state index contributed by atoms with van der Waals surface area (Å²) in [5, 5.41) is 6.35. The van der Waals surface area contributed by atoms with Gasteiger partial charge in [0.05, 0.1) is 36.4 Å². The first-order valence-corrected chi connectivity index (χ1v) is 15.2. The minimum absolute atomic E-state index is 0.0110. The molecule has 0 atom stereocenters. The van der Waals surface area contributed by atoms with Crippen molar-refractivity contribution in [2.75, 3.05) is 19.7 Å². The minimum atomic E-state index is -4.56. The van der Waals surface area contributed by atoms with Crippen molar-refractivity contribution in [1.82, 2.24) is 15.4 Å². The number of amides is 1. The molecular weight excluding hydrogens is 619 g/mol. The van der Waals surface area contributed by atoms with E-state index >= 15 is 0 Å². The molecule has 0 aliphatic heterocycles. The van der Waals surface area contributed by atoms with Crippen LogP contribution in [0.3, 0.4) is 0 Å². The van der Waals surface area contributed by atoms with Crippen LogP contribution in [0.5, 0.6) is 5.88 Å². The molecule has 0 saturated heterocycles. The Morgan fingerprint density at radius 2 is 1.65 bits per heavy atom. The third-order valence-electron chi connectivity index (χ3n) is 7.40. The molecular formula is C35H33ClF3N3O4. The summed E-state index contributed by atoms with van der Waals surface area (Å²) in [6, 6.07) is 29.1. The van der Waals surface area contributed by atoms with Gasteiger partial charge in [-0.2, -0.15) is 13.2 Å². The molecule has 1 N–H and O–H groups in total. The molecule has 46 heavy (non-hydrogen) atoms. The molecule has 5 rings (SSSR count). The Bertz CT molecular complexity index is 1620. The predicted molar refractivity (Wildman–Crippen MR) is 167 cm³/mol. The maximum absolute atomic E-state index is 13.6. The lowest BCUT2D eigenvalue weighted by Crippen LogP contribution is -2.31. The monoisotopic (exact) mass is 651 g/mol. The number of nitrogens with zero attached hydrogens (tertiary/aromatic N) is 2. The second kappa shape index (κ2) is 15.6. The first-order chi connectivity index (χ1) is 22.3. The lowest BCUT2D eigenvalue weighted by atomic mass is 9.90. The molecule has 2 aromatic heterocycles. The van der Waals surface area contributed by atoms with Crippen LogP contribution in [-0.4, -0.2) is 35.7 Å². The Morgan fingerprint density at radius 1 is 0.935 bits per heavy atom. The minimum Gasteiger partial charge on any atom is -0.475 e. The van der Waals surface area contributed by atoms with Gasteiger partial charge >= 0.3 is 6.18 Å². The summed E-state index contributed by atoms with van der Waals surface area (Å²) >= 11 is 6.31. The van der Waals surface area contributed by atoms with E-state index in [4.69, 9.17) is 25.3 Å². The number of carbonyl (C=O) groups is 1. The molecule has 0 unspecified atom stereocenters. The van der Waals surface area contributed by atoms with Gasteiger partial charge in [-0.15, -0.1) is 0 Å². The Balaban J connectivity index is 1.24. The highest BCUT2D eigenvalue weighted by molar-refractivity contribution is 6.32. The fraction of sp³-hybridized carbons (Fsp3) is 0.257. The van der Waals surface area contributed by atoms with Gasteiger partial charge in [-0.05, 0) is 46.5 Å². The van der Waals surface area contributed by atoms with E-state index in [1.807, 2.05) is 36.4 Å². The Morgan fingerprint density at radius 3 is 2.30 bits per heavy atom. The third kappa shape index (κ3) is 9.24. The summed E-state index contributed by atoms with van der Waals surface area (Å²) in [5.41, 5.74) is 1.72. The maximum Gasteiger partial charge on any atom is 0.417 e. The van der Waals surface area contributed by atoms with Gasteiger partial charge in [0.15, 0.2) is 0 Å². The molecule has 3 aromatic carbocycles. The quantitative estimate of drug-likeness (QED) is 0.116. The van der Waals surface area contributed by atoms with Crippen molar-refractivity contribution in [2.45, 2.75) is 38.0 Å². The number of hydrogen-bond acceptors (Lipinski definition) is 6. The van der Waals surface area contributed by atoms with Crippen molar-refractivity contribution in [3.63, 3.8) is 0 Å². The van der Waals surface area contributed by atoms with E-state index in [1.165, 1.54) is 12.3 Å². The van der Waals surface area contributed by atoms with Crippen molar-refractivity contribution in [3.8, 4) is 5.88 Å². The lowest BCUT2D eigenvalue weighted by molar-refractivity contribution is -0.137. The molecule has 0 radical (unpaired) electrons. The van der Waals surface area contributed by atoms with Crippen LogP contribution in [0.15, 0.2) is 112 Å². The molecule has 0 fully saturated rings. The summed E-state index contributed by atoms with van der Waals surface area (Å²) in [5.74, 6) is 0.937. The smallest absolute Gasteiger partial charge is 0.417 e. The van der Waals surface area contributed by atoms with E-state index in [0.29, 0.717) is 36.6 Å². The standard InChI is InChI=1S/C35H33ClF3N3O4/c36-34-27(14-7-16-31(34)35(37,38)39)23-42(24-30(25-10-3-1-4-11-25)26-12-5-2-6-13-26)17-9-19-45-33-21-29(46-41-33)20-32(43)40-22-28-15-8-18-44-28/h1-8,10-16,18,21,30H,9,17,19-20,22-24H2,(H,40,43). The number of nitrogens with one attached hydrogen (secondary N) is 1. The van der Waals surface area contributed by atoms with Crippen molar-refractivity contribution >= 4 is 17.5 Å². The number of halogens is 4. The normalized spacial score (nSPS) is 11.7. The third-order valence-corrected chi connectivity index (χ3v) is 7.85. The zero-order valence-corrected chi connectivity index (χ0v) is 25.6. The highest BCUT2D eigenvalue weighted by Gasteiger charge is 2.34. The van der Waals surface area contributed by atoms with E-state index in [0.717, 1.165) is 17.2 Å². The predicted octanol–water partition coefficient (Wildman–Crippen LogP) is 7.90. The fourth-order valence-corrected chi connectivity index (χ4v) is 5.45. The lowest BCUT2D eigenvalue weighted by Gasteiger charge is -2.29. The van der Waals surface area contributed by atoms with Crippen molar-refractivity contribution in [2.24, 2.45) is 0 Å². The maximum atomic E-state index is 13.6. The Kier molecular flexibility index (Phi) is 11.2. The second-order valence-corrected chi connectivity index (χ2v) is 11.1. The largest absolute Gasteiger partial charge is 0.475 e. The van der Waals surface area contributed by atoms with Gasteiger partial charge in [0.25, 0.3) is 5.88 Å². The van der Waals surface area contributed by atoms with Crippen molar-refractivity contribution < 1.29 is 31.6 Å². The number of furan rings is 1. The van der Waals surface area contributed by atoms with Crippen LogP contribution in [0.4, 0.5) is 13.2 Å². The molecule has 0 aliphatic carbocycles. The highest BCUT2D eigenvalue weighted by Crippen LogP contribution is 2.37. The van der Waals surface area contributed by atoms with Crippen LogP contribution in [-0.2, 0) is 30.5 Å². The Labute approximate surface area is 269 Å². The van der Waals surface area contributed by atoms with Gasteiger partial charge in [-0.25, -0.2) is 0 Å². The van der Waals surface area contributed by atoms with Crippen LogP contribution < -0.4 is 10.1 Å². The molecule has 0 saturated carbocycles. The summed E-state index contributed by atoms with van der Waals surface area (Å²) in [6.45, 7) is 1.77. The molecule has 2 heterocycles. The van der Waals surface area contributed by atoms with Gasteiger partial charge in [-0.1, -0.05) is 84.4 Å². The topological polar surface area (TPSA) is 80.7 Å². The summed E-state index contributed by atoms with van der Waals surface area (Å²) in [6.07, 6.45) is -2.49. The fourth-order valence-electron chi connectivity index (χ4n) is 5.16. The van der Waals surface area contributed by atoms with Crippen LogP contribution in [0.25, 0.3) is 0 Å². The number of hydrogen-bond donors (Lipinski definition) is 1. The van der Waals surface area contributed by atoms with E-state index in [-0.39, 0.29) is 48.8 Å². The molecule has 1 amide bonds. The van der Waals surface area contributed by atoms with Crippen LogP contribution in [0.2, 0.25) is 5.02 Å². The summed E-state index contributed by atoms with van der Waals surface area (Å²) in [4.78, 5) is 14.3. The first-order valence-electron chi connectivity index (χ1n) is 14.8. The van der Waals surface area contributed by atoms with E-state index < -0.39 is 11.7 Å². The molecule has 0 bridgehead atoms. The molecule has 5 aromatic rings. The van der Waals surface area contributed by atoms with Gasteiger partial charge in [0, 0.05) is 31.6 Å². The molecule has 11 heteroatoms. The van der Waals surface area contributed by atoms with E-state index in [1.54, 1.807) is 24.3 Å². The number of rotatable bonds is 15. The molecule has 7 nitrogen and oxygen atoms in total. The first kappa shape index (κ1) is 32.8. The SMILES string of the molecule is O=C(Cc1cc(OCCCN(Cc2cccc(C(F)(F)F)c2Cl)CC(c2ccccc2)c2ccccc2)no1)NCc1ccco1. The van der Waals surface area contributed by atoms with Crippen LogP contribution in [0.1, 0.15) is 46.1 Å². The average Bonchev–Trinajstić information content (AvgIpc) is 3.74. The number of benzene rings is 3. The zero-order valence-electron chi connectivity index (χ0n) is 24.9. The van der Waals surface area contributed by atoms with Gasteiger partial charge in [0.1, 0.15) is 11.5 Å². The molecule has 240 valence electrons. The van der Waals surface area contributed by atoms with Crippen molar-refractivity contribution in [3.05, 3.63) is 142 Å². The molecule has 0 aliphatic rings. The van der Waals surface area contributed by atoms with E-state index in [9.17, 15) is 18.0 Å². The van der Waals surface area contributed by atoms with Crippen LogP contribution >= 0.6 is 11.6 Å². The number of carbonyl (C=O) groups excluding carboxylic acids is 1. The van der Waals surface area contributed by atoms with Gasteiger partial charge < -0.3 is 19.0 Å². The highest BCUT2D eigenvalue weighted by atomic mass is 35.5. The van der Waals surface area contributed by atoms with Gasteiger partial charge in [0.2, 0.25) is 5.91 Å². The number of alkyl halides is 3. The van der Waals surface area contributed by atoms with Crippen molar-refractivity contribution in [1.29, 1.82) is 0 Å². The zero-order chi connectivity index (χ0) is 32.4. The van der Waals surface area contributed by atoms with Crippen LogP contribution in [0, 0.1) is 0 Å². The molecule has 0 spiro atoms.